The molecule has 0 spiro atoms. The minimum Gasteiger partial charge on any atom is -0.449 e. The summed E-state index contributed by atoms with van der Waals surface area (Å²) in [4.78, 5) is 30.3. The molecule has 1 aliphatic heterocycles. The fourth-order valence-electron chi connectivity index (χ4n) is 3.21. The van der Waals surface area contributed by atoms with Crippen LogP contribution < -0.4 is 0 Å². The van der Waals surface area contributed by atoms with E-state index in [0.29, 0.717) is 24.1 Å². The Hall–Kier alpha value is -2.68. The van der Waals surface area contributed by atoms with Crippen molar-refractivity contribution in [1.82, 2.24) is 9.88 Å². The van der Waals surface area contributed by atoms with E-state index in [1.54, 1.807) is 19.1 Å². The number of oxazole rings is 1. The highest BCUT2D eigenvalue weighted by atomic mass is 32.2. The van der Waals surface area contributed by atoms with E-state index in [-0.39, 0.29) is 23.4 Å². The summed E-state index contributed by atoms with van der Waals surface area (Å²) in [5.74, 6) is -0.844. The van der Waals surface area contributed by atoms with E-state index in [1.807, 2.05) is 12.1 Å². The Morgan fingerprint density at radius 1 is 1.39 bits per heavy atom. The van der Waals surface area contributed by atoms with Gasteiger partial charge in [-0.15, -0.1) is 0 Å². The van der Waals surface area contributed by atoms with Gasteiger partial charge in [0.1, 0.15) is 5.52 Å². The molecule has 1 saturated heterocycles. The molecule has 1 fully saturated rings. The minimum atomic E-state index is -3.11. The summed E-state index contributed by atoms with van der Waals surface area (Å²) >= 11 is 0. The lowest BCUT2D eigenvalue weighted by Crippen LogP contribution is -2.46. The number of benzene rings is 1. The van der Waals surface area contributed by atoms with Gasteiger partial charge in [0, 0.05) is 24.7 Å². The fraction of sp³-hybridized carbons (Fsp3) is 0.421. The molecule has 2 atom stereocenters. The largest absolute Gasteiger partial charge is 0.449 e. The highest BCUT2D eigenvalue weighted by Gasteiger charge is 2.36. The molecule has 1 aliphatic rings. The van der Waals surface area contributed by atoms with Crippen LogP contribution in [0.4, 0.5) is 0 Å². The molecule has 28 heavy (non-hydrogen) atoms. The second kappa shape index (κ2) is 8.14. The third-order valence-electron chi connectivity index (χ3n) is 4.59. The van der Waals surface area contributed by atoms with Gasteiger partial charge in [0.05, 0.1) is 11.5 Å². The van der Waals surface area contributed by atoms with Gasteiger partial charge in [0.15, 0.2) is 21.5 Å². The van der Waals surface area contributed by atoms with Gasteiger partial charge < -0.3 is 14.1 Å². The third kappa shape index (κ3) is 4.59. The Kier molecular flexibility index (Phi) is 5.83. The lowest BCUT2D eigenvalue weighted by Gasteiger charge is -2.29. The first-order valence-electron chi connectivity index (χ1n) is 9.04. The Bertz CT molecular complexity index is 977. The highest BCUT2D eigenvalue weighted by molar-refractivity contribution is 7.91. The molecule has 9 heteroatoms. The molecule has 3 rings (SSSR count). The van der Waals surface area contributed by atoms with Gasteiger partial charge in [-0.1, -0.05) is 12.1 Å². The Morgan fingerprint density at radius 2 is 2.14 bits per heavy atom. The molecular formula is C19H22N2O6S. The maximum Gasteiger partial charge on any atom is 0.331 e. The number of ether oxygens (including phenoxy) is 1. The molecule has 1 amide bonds. The Balaban J connectivity index is 1.60. The quantitative estimate of drug-likeness (QED) is 0.532. The number of likely N-dealkylation sites (N-methyl/N-ethyl adjacent to an activating group) is 1. The second-order valence-corrected chi connectivity index (χ2v) is 8.84. The van der Waals surface area contributed by atoms with Crippen molar-refractivity contribution in [3.8, 4) is 0 Å². The van der Waals surface area contributed by atoms with Gasteiger partial charge in [0.2, 0.25) is 5.89 Å². The molecule has 2 heterocycles. The van der Waals surface area contributed by atoms with Crippen LogP contribution in [0.15, 0.2) is 34.8 Å². The predicted octanol–water partition coefficient (Wildman–Crippen LogP) is 1.81. The van der Waals surface area contributed by atoms with Crippen molar-refractivity contribution < 1.29 is 27.2 Å². The van der Waals surface area contributed by atoms with E-state index in [2.05, 4.69) is 4.98 Å². The van der Waals surface area contributed by atoms with E-state index < -0.39 is 27.8 Å². The van der Waals surface area contributed by atoms with Crippen molar-refractivity contribution in [2.24, 2.45) is 0 Å². The molecule has 2 aromatic rings. The van der Waals surface area contributed by atoms with Crippen molar-refractivity contribution in [1.29, 1.82) is 0 Å². The summed E-state index contributed by atoms with van der Waals surface area (Å²) < 4.78 is 34.0. The van der Waals surface area contributed by atoms with Gasteiger partial charge in [-0.3, -0.25) is 4.79 Å². The summed E-state index contributed by atoms with van der Waals surface area (Å²) in [6.07, 6.45) is 1.90. The van der Waals surface area contributed by atoms with Gasteiger partial charge >= 0.3 is 5.97 Å². The number of carbonyl (C=O) groups is 2. The number of amides is 1. The van der Waals surface area contributed by atoms with Crippen LogP contribution >= 0.6 is 0 Å². The normalized spacial score (nSPS) is 19.7. The summed E-state index contributed by atoms with van der Waals surface area (Å²) in [5, 5.41) is 0. The molecule has 0 unspecified atom stereocenters. The number of fused-ring (bicyclic) bond motifs is 1. The number of esters is 1. The first-order chi connectivity index (χ1) is 13.3. The molecule has 0 saturated carbocycles. The van der Waals surface area contributed by atoms with Crippen molar-refractivity contribution in [2.75, 3.05) is 18.1 Å². The van der Waals surface area contributed by atoms with Crippen molar-refractivity contribution >= 4 is 38.9 Å². The van der Waals surface area contributed by atoms with Crippen molar-refractivity contribution in [3.05, 3.63) is 36.2 Å². The monoisotopic (exact) mass is 406 g/mol. The number of carbonyl (C=O) groups excluding carboxylic acids is 2. The minimum absolute atomic E-state index is 0.0507. The Labute approximate surface area is 163 Å². The highest BCUT2D eigenvalue weighted by Crippen LogP contribution is 2.19. The number of aromatic nitrogens is 1. The molecule has 1 aromatic carbocycles. The fourth-order valence-corrected chi connectivity index (χ4v) is 4.94. The van der Waals surface area contributed by atoms with Crippen LogP contribution in [-0.2, 0) is 24.2 Å². The summed E-state index contributed by atoms with van der Waals surface area (Å²) in [7, 11) is -3.11. The van der Waals surface area contributed by atoms with E-state index in [9.17, 15) is 18.0 Å². The topological polar surface area (TPSA) is 107 Å². The lowest BCUT2D eigenvalue weighted by atomic mass is 10.2. The van der Waals surface area contributed by atoms with Crippen LogP contribution in [0.5, 0.6) is 0 Å². The first-order valence-corrected chi connectivity index (χ1v) is 10.9. The number of para-hydroxylation sites is 2. The number of sulfone groups is 1. The average Bonchev–Trinajstić information content (AvgIpc) is 3.23. The van der Waals surface area contributed by atoms with Crippen molar-refractivity contribution in [2.45, 2.75) is 32.4 Å². The molecule has 0 aliphatic carbocycles. The molecule has 1 aromatic heterocycles. The van der Waals surface area contributed by atoms with Gasteiger partial charge in [-0.05, 0) is 32.4 Å². The van der Waals surface area contributed by atoms with Crippen molar-refractivity contribution in [3.63, 3.8) is 0 Å². The van der Waals surface area contributed by atoms with Crippen LogP contribution in [0.1, 0.15) is 26.2 Å². The van der Waals surface area contributed by atoms with Gasteiger partial charge in [-0.2, -0.15) is 0 Å². The van der Waals surface area contributed by atoms with Crippen LogP contribution in [-0.4, -0.2) is 60.4 Å². The average molecular weight is 406 g/mol. The predicted molar refractivity (Wildman–Crippen MR) is 103 cm³/mol. The van der Waals surface area contributed by atoms with Crippen LogP contribution in [0.25, 0.3) is 17.2 Å². The number of hydrogen-bond donors (Lipinski definition) is 0. The molecule has 0 N–H and O–H groups in total. The number of nitrogens with zero attached hydrogens (tertiary/aromatic N) is 2. The SMILES string of the molecule is CCN(C(=O)[C@@H](C)OC(=O)/C=C/c1nc2ccccc2o1)[C@H]1CCS(=O)(=O)C1. The standard InChI is InChI=1S/C19H22N2O6S/c1-3-21(14-10-11-28(24,25)12-14)19(23)13(2)26-18(22)9-8-17-20-15-6-4-5-7-16(15)27-17/h4-9,13-14H,3,10-12H2,1-2H3/b9-8+/t13-,14+/m1/s1. The summed E-state index contributed by atoms with van der Waals surface area (Å²) in [6.45, 7) is 3.59. The zero-order valence-electron chi connectivity index (χ0n) is 15.7. The molecule has 8 nitrogen and oxygen atoms in total. The van der Waals surface area contributed by atoms with E-state index >= 15 is 0 Å². The van der Waals surface area contributed by atoms with Gasteiger partial charge in [0.25, 0.3) is 5.91 Å². The maximum absolute atomic E-state index is 12.6. The Morgan fingerprint density at radius 3 is 2.79 bits per heavy atom. The van der Waals surface area contributed by atoms with Crippen LogP contribution in [0, 0.1) is 0 Å². The van der Waals surface area contributed by atoms with E-state index in [4.69, 9.17) is 9.15 Å². The summed E-state index contributed by atoms with van der Waals surface area (Å²) in [5.41, 5.74) is 1.27. The number of rotatable bonds is 6. The van der Waals surface area contributed by atoms with Gasteiger partial charge in [-0.25, -0.2) is 18.2 Å². The van der Waals surface area contributed by atoms with Crippen LogP contribution in [0.2, 0.25) is 0 Å². The molecule has 150 valence electrons. The van der Waals surface area contributed by atoms with Crippen LogP contribution in [0.3, 0.4) is 0 Å². The number of hydrogen-bond acceptors (Lipinski definition) is 7. The molecule has 0 radical (unpaired) electrons. The smallest absolute Gasteiger partial charge is 0.331 e. The second-order valence-electron chi connectivity index (χ2n) is 6.61. The lowest BCUT2D eigenvalue weighted by molar-refractivity contribution is -0.156. The zero-order valence-corrected chi connectivity index (χ0v) is 16.5. The molecular weight excluding hydrogens is 384 g/mol. The zero-order chi connectivity index (χ0) is 20.3. The third-order valence-corrected chi connectivity index (χ3v) is 6.34. The first kappa shape index (κ1) is 20.1. The van der Waals surface area contributed by atoms with E-state index in [1.165, 1.54) is 17.9 Å². The molecule has 0 bridgehead atoms. The van der Waals surface area contributed by atoms with E-state index in [0.717, 1.165) is 6.08 Å². The maximum atomic E-state index is 12.6. The summed E-state index contributed by atoms with van der Waals surface area (Å²) in [6, 6.07) is 6.82.